The largest absolute Gasteiger partial charge is 0.398 e. The Balaban J connectivity index is 1.82. The van der Waals surface area contributed by atoms with Crippen molar-refractivity contribution in [3.05, 3.63) is 58.9 Å². The van der Waals surface area contributed by atoms with Crippen molar-refractivity contribution in [2.24, 2.45) is 0 Å². The summed E-state index contributed by atoms with van der Waals surface area (Å²) in [5.74, 6) is 0.0177. The zero-order valence-corrected chi connectivity index (χ0v) is 11.9. The minimum atomic E-state index is -1.24. The van der Waals surface area contributed by atoms with Gasteiger partial charge in [0, 0.05) is 0 Å². The van der Waals surface area contributed by atoms with Gasteiger partial charge in [-0.2, -0.15) is 0 Å². The molecule has 3 rings (SSSR count). The third kappa shape index (κ3) is 2.61. The molecule has 2 aromatic carbocycles. The van der Waals surface area contributed by atoms with Gasteiger partial charge in [-0.05, 0) is 54.2 Å². The molecule has 0 aromatic heterocycles. The molecule has 2 aromatic rings. The van der Waals surface area contributed by atoms with Crippen LogP contribution in [0.15, 0.2) is 41.3 Å². The summed E-state index contributed by atoms with van der Waals surface area (Å²) in [6.45, 7) is 0. The fourth-order valence-electron chi connectivity index (χ4n) is 2.67. The Morgan fingerprint density at radius 2 is 1.90 bits per heavy atom. The van der Waals surface area contributed by atoms with Crippen LogP contribution in [0.4, 0.5) is 10.1 Å². The molecule has 4 heteroatoms. The van der Waals surface area contributed by atoms with Gasteiger partial charge in [-0.3, -0.25) is 4.21 Å². The van der Waals surface area contributed by atoms with Crippen LogP contribution < -0.4 is 5.73 Å². The first-order valence-corrected chi connectivity index (χ1v) is 7.99. The highest BCUT2D eigenvalue weighted by Gasteiger charge is 2.14. The first kappa shape index (κ1) is 13.3. The van der Waals surface area contributed by atoms with E-state index in [0.717, 1.165) is 18.4 Å². The van der Waals surface area contributed by atoms with Crippen LogP contribution in [0.3, 0.4) is 0 Å². The minimum absolute atomic E-state index is 0.254. The molecule has 2 N–H and O–H groups in total. The highest BCUT2D eigenvalue weighted by atomic mass is 32.2. The van der Waals surface area contributed by atoms with Gasteiger partial charge in [-0.1, -0.05) is 18.2 Å². The Kier molecular flexibility index (Phi) is 3.57. The molecule has 0 bridgehead atoms. The first-order chi connectivity index (χ1) is 9.63. The lowest BCUT2D eigenvalue weighted by Crippen LogP contribution is -2.02. The number of halogens is 1. The van der Waals surface area contributed by atoms with Crippen molar-refractivity contribution >= 4 is 16.5 Å². The van der Waals surface area contributed by atoms with Crippen molar-refractivity contribution in [3.8, 4) is 0 Å². The van der Waals surface area contributed by atoms with Crippen LogP contribution in [0.25, 0.3) is 0 Å². The van der Waals surface area contributed by atoms with E-state index in [-0.39, 0.29) is 5.69 Å². The second kappa shape index (κ2) is 5.37. The average Bonchev–Trinajstić information content (AvgIpc) is 2.85. The van der Waals surface area contributed by atoms with Gasteiger partial charge in [0.15, 0.2) is 0 Å². The first-order valence-electron chi connectivity index (χ1n) is 6.67. The Morgan fingerprint density at radius 1 is 1.10 bits per heavy atom. The van der Waals surface area contributed by atoms with E-state index >= 15 is 0 Å². The second-order valence-corrected chi connectivity index (χ2v) is 6.55. The van der Waals surface area contributed by atoms with Crippen molar-refractivity contribution in [1.82, 2.24) is 0 Å². The number of nitrogens with two attached hydrogens (primary N) is 1. The number of nitrogen functional groups attached to an aromatic ring is 1. The summed E-state index contributed by atoms with van der Waals surface area (Å²) in [6, 6.07) is 10.3. The van der Waals surface area contributed by atoms with Gasteiger partial charge in [-0.15, -0.1) is 0 Å². The molecule has 0 aliphatic heterocycles. The molecular formula is C16H16FNOS. The summed E-state index contributed by atoms with van der Waals surface area (Å²) in [4.78, 5) is 0.506. The highest BCUT2D eigenvalue weighted by Crippen LogP contribution is 2.25. The maximum atomic E-state index is 13.0. The second-order valence-electron chi connectivity index (χ2n) is 5.13. The van der Waals surface area contributed by atoms with Gasteiger partial charge in [0.05, 0.1) is 27.1 Å². The predicted octanol–water partition coefficient (Wildman–Crippen LogP) is 3.20. The number of fused-ring (bicyclic) bond motifs is 1. The van der Waals surface area contributed by atoms with E-state index in [1.807, 2.05) is 6.07 Å². The molecule has 0 spiro atoms. The van der Waals surface area contributed by atoms with Crippen LogP contribution in [0.1, 0.15) is 23.1 Å². The summed E-state index contributed by atoms with van der Waals surface area (Å²) in [6.07, 6.45) is 3.45. The van der Waals surface area contributed by atoms with Gasteiger partial charge < -0.3 is 5.73 Å². The number of hydrogen-bond donors (Lipinski definition) is 1. The van der Waals surface area contributed by atoms with Crippen LogP contribution >= 0.6 is 0 Å². The van der Waals surface area contributed by atoms with Crippen molar-refractivity contribution in [2.45, 2.75) is 29.9 Å². The van der Waals surface area contributed by atoms with Crippen LogP contribution in [-0.4, -0.2) is 4.21 Å². The van der Waals surface area contributed by atoms with E-state index in [0.29, 0.717) is 10.6 Å². The minimum Gasteiger partial charge on any atom is -0.398 e. The van der Waals surface area contributed by atoms with E-state index in [1.165, 1.54) is 35.7 Å². The van der Waals surface area contributed by atoms with Crippen molar-refractivity contribution in [1.29, 1.82) is 0 Å². The third-order valence-electron chi connectivity index (χ3n) is 3.68. The molecule has 1 unspecified atom stereocenters. The van der Waals surface area contributed by atoms with Crippen LogP contribution in [0.5, 0.6) is 0 Å². The normalized spacial score (nSPS) is 15.1. The quantitative estimate of drug-likeness (QED) is 0.882. The van der Waals surface area contributed by atoms with E-state index in [9.17, 15) is 8.60 Å². The van der Waals surface area contributed by atoms with Crippen LogP contribution in [0.2, 0.25) is 0 Å². The van der Waals surface area contributed by atoms with Gasteiger partial charge >= 0.3 is 0 Å². The maximum absolute atomic E-state index is 13.0. The summed E-state index contributed by atoms with van der Waals surface area (Å²) >= 11 is 0. The fraction of sp³-hybridized carbons (Fsp3) is 0.250. The Bertz CT molecular complexity index is 684. The van der Waals surface area contributed by atoms with Gasteiger partial charge in [0.1, 0.15) is 5.82 Å². The Hall–Kier alpha value is -1.68. The number of aryl methyl sites for hydroxylation is 2. The number of rotatable bonds is 3. The predicted molar refractivity (Wildman–Crippen MR) is 79.4 cm³/mol. The molecule has 1 aliphatic rings. The summed E-state index contributed by atoms with van der Waals surface area (Å²) in [7, 11) is -1.24. The molecule has 0 heterocycles. The molecule has 104 valence electrons. The molecule has 1 atom stereocenters. The molecule has 0 saturated carbocycles. The van der Waals surface area contributed by atoms with E-state index in [2.05, 4.69) is 12.1 Å². The van der Waals surface area contributed by atoms with E-state index in [4.69, 9.17) is 5.73 Å². The topological polar surface area (TPSA) is 43.1 Å². The standard InChI is InChI=1S/C16H16FNOS/c17-14-6-7-16(15(18)9-14)20(19)10-11-4-5-12-2-1-3-13(12)8-11/h4-9H,1-3,10,18H2. The van der Waals surface area contributed by atoms with Crippen LogP contribution in [-0.2, 0) is 29.4 Å². The molecule has 0 saturated heterocycles. The number of anilines is 1. The zero-order chi connectivity index (χ0) is 14.1. The molecule has 0 radical (unpaired) electrons. The molecule has 20 heavy (non-hydrogen) atoms. The van der Waals surface area contributed by atoms with Crippen molar-refractivity contribution in [2.75, 3.05) is 5.73 Å². The lowest BCUT2D eigenvalue weighted by atomic mass is 10.1. The lowest BCUT2D eigenvalue weighted by Gasteiger charge is -2.07. The summed E-state index contributed by atoms with van der Waals surface area (Å²) < 4.78 is 25.4. The maximum Gasteiger partial charge on any atom is 0.125 e. The van der Waals surface area contributed by atoms with E-state index < -0.39 is 16.6 Å². The van der Waals surface area contributed by atoms with Crippen molar-refractivity contribution < 1.29 is 8.60 Å². The molecule has 0 amide bonds. The van der Waals surface area contributed by atoms with E-state index in [1.54, 1.807) is 0 Å². The lowest BCUT2D eigenvalue weighted by molar-refractivity contribution is 0.627. The fourth-order valence-corrected chi connectivity index (χ4v) is 3.85. The molecule has 2 nitrogen and oxygen atoms in total. The SMILES string of the molecule is Nc1cc(F)ccc1S(=O)Cc1ccc2c(c1)CCC2. The third-order valence-corrected chi connectivity index (χ3v) is 5.14. The smallest absolute Gasteiger partial charge is 0.125 e. The monoisotopic (exact) mass is 289 g/mol. The molecule has 1 aliphatic carbocycles. The summed E-state index contributed by atoms with van der Waals surface area (Å²) in [5, 5.41) is 0. The van der Waals surface area contributed by atoms with Crippen molar-refractivity contribution in [3.63, 3.8) is 0 Å². The van der Waals surface area contributed by atoms with Gasteiger partial charge in [-0.25, -0.2) is 4.39 Å². The highest BCUT2D eigenvalue weighted by molar-refractivity contribution is 7.84. The molecule has 0 fully saturated rings. The Morgan fingerprint density at radius 3 is 2.70 bits per heavy atom. The summed E-state index contributed by atoms with van der Waals surface area (Å²) in [5.41, 5.74) is 9.81. The molecular weight excluding hydrogens is 273 g/mol. The Labute approximate surface area is 120 Å². The number of benzene rings is 2. The van der Waals surface area contributed by atoms with Crippen LogP contribution in [0, 0.1) is 5.82 Å². The number of hydrogen-bond acceptors (Lipinski definition) is 2. The zero-order valence-electron chi connectivity index (χ0n) is 11.1. The average molecular weight is 289 g/mol. The van der Waals surface area contributed by atoms with Gasteiger partial charge in [0.25, 0.3) is 0 Å². The van der Waals surface area contributed by atoms with Gasteiger partial charge in [0.2, 0.25) is 0 Å².